The van der Waals surface area contributed by atoms with E-state index in [2.05, 4.69) is 4.98 Å². The van der Waals surface area contributed by atoms with Crippen molar-refractivity contribution in [2.45, 2.75) is 64.5 Å². The minimum Gasteiger partial charge on any atom is -0.444 e. The molecule has 6 heteroatoms. The SMILES string of the molecule is CC(C)(C)OC(=O)N1[C@@H](C[C@@H](O)c2cccnc2)COC1(C)C. The van der Waals surface area contributed by atoms with Crippen molar-refractivity contribution in [3.8, 4) is 0 Å². The summed E-state index contributed by atoms with van der Waals surface area (Å²) < 4.78 is 11.2. The van der Waals surface area contributed by atoms with Gasteiger partial charge in [0, 0.05) is 18.8 Å². The Morgan fingerprint density at radius 3 is 2.83 bits per heavy atom. The number of hydrogen-bond donors (Lipinski definition) is 1. The van der Waals surface area contributed by atoms with Gasteiger partial charge in [-0.25, -0.2) is 4.79 Å². The Kier molecular flexibility index (Phi) is 4.96. The van der Waals surface area contributed by atoms with Gasteiger partial charge in [-0.05, 0) is 46.2 Å². The average molecular weight is 322 g/mol. The van der Waals surface area contributed by atoms with Gasteiger partial charge in [0.15, 0.2) is 0 Å². The fourth-order valence-corrected chi connectivity index (χ4v) is 2.70. The summed E-state index contributed by atoms with van der Waals surface area (Å²) in [6.45, 7) is 9.50. The maximum absolute atomic E-state index is 12.5. The van der Waals surface area contributed by atoms with Crippen molar-refractivity contribution >= 4 is 6.09 Å². The molecule has 0 unspecified atom stereocenters. The highest BCUT2D eigenvalue weighted by Crippen LogP contribution is 2.33. The van der Waals surface area contributed by atoms with E-state index in [4.69, 9.17) is 9.47 Å². The molecule has 6 nitrogen and oxygen atoms in total. The molecule has 0 aliphatic carbocycles. The van der Waals surface area contributed by atoms with E-state index in [0.29, 0.717) is 13.0 Å². The van der Waals surface area contributed by atoms with Gasteiger partial charge in [0.25, 0.3) is 0 Å². The summed E-state index contributed by atoms with van der Waals surface area (Å²) in [5.41, 5.74) is -0.620. The lowest BCUT2D eigenvalue weighted by Crippen LogP contribution is -2.50. The highest BCUT2D eigenvalue weighted by molar-refractivity contribution is 5.69. The second-order valence-electron chi connectivity index (χ2n) is 7.30. The Balaban J connectivity index is 2.12. The van der Waals surface area contributed by atoms with Crippen LogP contribution in [0.2, 0.25) is 0 Å². The molecule has 1 amide bonds. The Hall–Kier alpha value is -1.66. The minimum atomic E-state index is -0.762. The number of ether oxygens (including phenoxy) is 2. The van der Waals surface area contributed by atoms with E-state index < -0.39 is 23.5 Å². The van der Waals surface area contributed by atoms with E-state index in [1.54, 1.807) is 23.4 Å². The number of aliphatic hydroxyl groups excluding tert-OH is 1. The smallest absolute Gasteiger partial charge is 0.412 e. The molecule has 1 N–H and O–H groups in total. The standard InChI is InChI=1S/C17H26N2O4/c1-16(2,3)23-15(21)19-13(11-22-17(19,4)5)9-14(20)12-7-6-8-18-10-12/h6-8,10,13-14,20H,9,11H2,1-5H3/t13-,14+/m0/s1. The molecule has 0 saturated carbocycles. The third-order valence-electron chi connectivity index (χ3n) is 3.73. The predicted octanol–water partition coefficient (Wildman–Crippen LogP) is 2.88. The van der Waals surface area contributed by atoms with E-state index in [1.165, 1.54) is 0 Å². The summed E-state index contributed by atoms with van der Waals surface area (Å²) >= 11 is 0. The zero-order valence-corrected chi connectivity index (χ0v) is 14.4. The van der Waals surface area contributed by atoms with Crippen LogP contribution in [0.4, 0.5) is 4.79 Å². The monoisotopic (exact) mass is 322 g/mol. The highest BCUT2D eigenvalue weighted by atomic mass is 16.6. The van der Waals surface area contributed by atoms with Crippen molar-refractivity contribution < 1.29 is 19.4 Å². The lowest BCUT2D eigenvalue weighted by Gasteiger charge is -2.35. The molecule has 1 aliphatic rings. The summed E-state index contributed by atoms with van der Waals surface area (Å²) in [6.07, 6.45) is 2.52. The first-order valence-electron chi connectivity index (χ1n) is 7.84. The second kappa shape index (κ2) is 6.45. The van der Waals surface area contributed by atoms with Crippen LogP contribution in [0.15, 0.2) is 24.5 Å². The van der Waals surface area contributed by atoms with Gasteiger partial charge >= 0.3 is 6.09 Å². The van der Waals surface area contributed by atoms with Crippen LogP contribution in [0.1, 0.15) is 52.7 Å². The van der Waals surface area contributed by atoms with Gasteiger partial charge in [0.1, 0.15) is 11.3 Å². The van der Waals surface area contributed by atoms with Gasteiger partial charge in [-0.2, -0.15) is 0 Å². The molecular formula is C17H26N2O4. The van der Waals surface area contributed by atoms with E-state index in [-0.39, 0.29) is 6.04 Å². The first kappa shape index (κ1) is 17.7. The van der Waals surface area contributed by atoms with Gasteiger partial charge in [0.05, 0.1) is 18.8 Å². The molecule has 1 aromatic heterocycles. The molecular weight excluding hydrogens is 296 g/mol. The fourth-order valence-electron chi connectivity index (χ4n) is 2.70. The molecule has 1 saturated heterocycles. The number of aromatic nitrogens is 1. The lowest BCUT2D eigenvalue weighted by atomic mass is 10.0. The summed E-state index contributed by atoms with van der Waals surface area (Å²) in [6, 6.07) is 3.34. The molecule has 2 rings (SSSR count). The first-order chi connectivity index (χ1) is 10.6. The van der Waals surface area contributed by atoms with Crippen LogP contribution in [0.25, 0.3) is 0 Å². The van der Waals surface area contributed by atoms with Crippen molar-refractivity contribution in [3.05, 3.63) is 30.1 Å². The number of nitrogens with zero attached hydrogens (tertiary/aromatic N) is 2. The second-order valence-corrected chi connectivity index (χ2v) is 7.30. The number of carbonyl (C=O) groups excluding carboxylic acids is 1. The quantitative estimate of drug-likeness (QED) is 0.926. The van der Waals surface area contributed by atoms with E-state index in [0.717, 1.165) is 5.56 Å². The fraction of sp³-hybridized carbons (Fsp3) is 0.647. The Bertz CT molecular complexity index is 539. The molecule has 2 heterocycles. The van der Waals surface area contributed by atoms with Crippen molar-refractivity contribution in [2.75, 3.05) is 6.61 Å². The van der Waals surface area contributed by atoms with Crippen molar-refractivity contribution in [2.24, 2.45) is 0 Å². The van der Waals surface area contributed by atoms with Gasteiger partial charge in [-0.3, -0.25) is 9.88 Å². The first-order valence-corrected chi connectivity index (χ1v) is 7.84. The Morgan fingerprint density at radius 2 is 2.26 bits per heavy atom. The Morgan fingerprint density at radius 1 is 1.57 bits per heavy atom. The van der Waals surface area contributed by atoms with Gasteiger partial charge in [-0.15, -0.1) is 0 Å². The maximum atomic E-state index is 12.5. The molecule has 0 spiro atoms. The number of pyridine rings is 1. The average Bonchev–Trinajstić information content (AvgIpc) is 2.72. The van der Waals surface area contributed by atoms with Gasteiger partial charge in [0.2, 0.25) is 0 Å². The van der Waals surface area contributed by atoms with Crippen LogP contribution in [0.5, 0.6) is 0 Å². The van der Waals surface area contributed by atoms with Crippen LogP contribution >= 0.6 is 0 Å². The number of amides is 1. The molecule has 1 fully saturated rings. The molecule has 0 radical (unpaired) electrons. The number of hydrogen-bond acceptors (Lipinski definition) is 5. The van der Waals surface area contributed by atoms with Gasteiger partial charge < -0.3 is 14.6 Å². The number of carbonyl (C=O) groups is 1. The summed E-state index contributed by atoms with van der Waals surface area (Å²) in [5, 5.41) is 10.4. The molecule has 0 aromatic carbocycles. The lowest BCUT2D eigenvalue weighted by molar-refractivity contribution is -0.0637. The van der Waals surface area contributed by atoms with Crippen LogP contribution < -0.4 is 0 Å². The van der Waals surface area contributed by atoms with Crippen LogP contribution in [-0.4, -0.2) is 45.1 Å². The molecule has 128 valence electrons. The summed E-state index contributed by atoms with van der Waals surface area (Å²) in [4.78, 5) is 18.1. The van der Waals surface area contributed by atoms with Gasteiger partial charge in [-0.1, -0.05) is 6.07 Å². The van der Waals surface area contributed by atoms with Crippen LogP contribution in [0.3, 0.4) is 0 Å². The molecule has 23 heavy (non-hydrogen) atoms. The van der Waals surface area contributed by atoms with Crippen LogP contribution in [-0.2, 0) is 9.47 Å². The summed E-state index contributed by atoms with van der Waals surface area (Å²) in [5.74, 6) is 0. The Labute approximate surface area is 137 Å². The third-order valence-corrected chi connectivity index (χ3v) is 3.73. The van der Waals surface area contributed by atoms with E-state index >= 15 is 0 Å². The van der Waals surface area contributed by atoms with Crippen molar-refractivity contribution in [1.29, 1.82) is 0 Å². The largest absolute Gasteiger partial charge is 0.444 e. The van der Waals surface area contributed by atoms with Crippen molar-refractivity contribution in [3.63, 3.8) is 0 Å². The summed E-state index contributed by atoms with van der Waals surface area (Å²) in [7, 11) is 0. The molecule has 1 aliphatic heterocycles. The number of rotatable bonds is 3. The molecule has 1 aromatic rings. The zero-order chi connectivity index (χ0) is 17.3. The minimum absolute atomic E-state index is 0.255. The molecule has 2 atom stereocenters. The highest BCUT2D eigenvalue weighted by Gasteiger charge is 2.46. The predicted molar refractivity (Wildman–Crippen MR) is 85.7 cm³/mol. The third kappa shape index (κ3) is 4.42. The zero-order valence-electron chi connectivity index (χ0n) is 14.4. The maximum Gasteiger partial charge on any atom is 0.412 e. The van der Waals surface area contributed by atoms with E-state index in [1.807, 2.05) is 40.7 Å². The van der Waals surface area contributed by atoms with Crippen molar-refractivity contribution in [1.82, 2.24) is 9.88 Å². The topological polar surface area (TPSA) is 71.9 Å². The van der Waals surface area contributed by atoms with E-state index in [9.17, 15) is 9.90 Å². The number of aliphatic hydroxyl groups is 1. The normalized spacial score (nSPS) is 22.0. The van der Waals surface area contributed by atoms with Crippen LogP contribution in [0, 0.1) is 0 Å². The molecule has 0 bridgehead atoms.